The molecule has 6 nitrogen and oxygen atoms in total. The third-order valence-corrected chi connectivity index (χ3v) is 2.93. The van der Waals surface area contributed by atoms with Crippen LogP contribution in [0.2, 0.25) is 0 Å². The molecule has 0 aliphatic carbocycles. The average molecular weight is 281 g/mol. The number of pyridine rings is 1. The number of hydrogen-bond donors (Lipinski definition) is 3. The largest absolute Gasteiger partial charge is 0.508 e. The normalized spacial score (nSPS) is 11.7. The molecule has 21 heavy (non-hydrogen) atoms. The molecule has 104 valence electrons. The highest BCUT2D eigenvalue weighted by atomic mass is 16.3. The second kappa shape index (κ2) is 5.09. The van der Waals surface area contributed by atoms with Crippen molar-refractivity contribution in [2.75, 3.05) is 0 Å². The summed E-state index contributed by atoms with van der Waals surface area (Å²) in [4.78, 5) is 22.7. The molecule has 0 spiro atoms. The zero-order valence-corrected chi connectivity index (χ0v) is 10.8. The summed E-state index contributed by atoms with van der Waals surface area (Å²) >= 11 is 0. The molecule has 2 heterocycles. The van der Waals surface area contributed by atoms with Gasteiger partial charge in [-0.3, -0.25) is 4.79 Å². The van der Waals surface area contributed by atoms with Crippen LogP contribution < -0.4 is 5.56 Å². The smallest absolute Gasteiger partial charge is 0.275 e. The summed E-state index contributed by atoms with van der Waals surface area (Å²) in [6.07, 6.45) is 2.83. The van der Waals surface area contributed by atoms with Gasteiger partial charge in [-0.25, -0.2) is 9.97 Å². The molecule has 3 rings (SSSR count). The van der Waals surface area contributed by atoms with Crippen molar-refractivity contribution in [3.63, 3.8) is 0 Å². The van der Waals surface area contributed by atoms with Crippen LogP contribution in [-0.4, -0.2) is 25.2 Å². The molecule has 0 bridgehead atoms. The number of aromatic hydroxyl groups is 1. The highest BCUT2D eigenvalue weighted by Gasteiger charge is 2.06. The number of phenolic OH excluding ortho intramolecular Hbond substituents is 1. The Hall–Kier alpha value is -3.15. The lowest BCUT2D eigenvalue weighted by molar-refractivity contribution is 0.475. The summed E-state index contributed by atoms with van der Waals surface area (Å²) in [7, 11) is 0. The van der Waals surface area contributed by atoms with Crippen LogP contribution in [0.3, 0.4) is 0 Å². The van der Waals surface area contributed by atoms with E-state index in [1.807, 2.05) is 0 Å². The van der Waals surface area contributed by atoms with Crippen LogP contribution in [0.5, 0.6) is 5.75 Å². The summed E-state index contributed by atoms with van der Waals surface area (Å²) in [6, 6.07) is 9.40. The molecule has 0 aliphatic heterocycles. The number of hydrogen-bond acceptors (Lipinski definition) is 5. The monoisotopic (exact) mass is 281 g/mol. The zero-order chi connectivity index (χ0) is 14.8. The van der Waals surface area contributed by atoms with Crippen LogP contribution in [-0.2, 0) is 0 Å². The number of H-pyrrole nitrogens is 1. The molecule has 0 aliphatic rings. The Morgan fingerprint density at radius 3 is 2.71 bits per heavy atom. The molecule has 1 aromatic carbocycles. The van der Waals surface area contributed by atoms with Crippen LogP contribution in [0.25, 0.3) is 23.0 Å². The summed E-state index contributed by atoms with van der Waals surface area (Å²) < 4.78 is 0. The van der Waals surface area contributed by atoms with Gasteiger partial charge in [-0.15, -0.1) is 0 Å². The van der Waals surface area contributed by atoms with Crippen molar-refractivity contribution in [3.8, 4) is 5.75 Å². The first-order valence-electron chi connectivity index (χ1n) is 6.18. The van der Waals surface area contributed by atoms with E-state index in [-0.39, 0.29) is 17.2 Å². The van der Waals surface area contributed by atoms with Gasteiger partial charge in [-0.1, -0.05) is 0 Å². The molecular formula is C15H11N3O3. The van der Waals surface area contributed by atoms with Gasteiger partial charge in [0.05, 0.1) is 0 Å². The third kappa shape index (κ3) is 2.59. The maximum absolute atomic E-state index is 11.9. The molecule has 0 fully saturated rings. The van der Waals surface area contributed by atoms with Crippen molar-refractivity contribution >= 4 is 23.0 Å². The van der Waals surface area contributed by atoms with E-state index in [0.717, 1.165) is 0 Å². The molecule has 0 saturated heterocycles. The minimum absolute atomic E-state index is 0.0843. The number of rotatable bonds is 2. The van der Waals surface area contributed by atoms with E-state index in [0.29, 0.717) is 16.7 Å². The topological polar surface area (TPSA) is 99.1 Å². The fraction of sp³-hybridized carbons (Fsp3) is 0. The van der Waals surface area contributed by atoms with Gasteiger partial charge in [0.2, 0.25) is 0 Å². The standard InChI is InChI=1S/C15H11N3O3/c19-10-5-3-9(4-6-10)13(20)8-12-15(21)18-14-11(17-12)2-1-7-16-14/h1-8,19-20H,(H,16,18,21)/b13-8-. The SMILES string of the molecule is O=c1[nH]c2ncccc2nc1/C=C(\O)c1ccc(O)cc1. The first-order chi connectivity index (χ1) is 10.1. The number of benzene rings is 1. The van der Waals surface area contributed by atoms with Crippen LogP contribution in [0.1, 0.15) is 11.3 Å². The Bertz CT molecular complexity index is 883. The van der Waals surface area contributed by atoms with E-state index >= 15 is 0 Å². The van der Waals surface area contributed by atoms with Crippen LogP contribution in [0, 0.1) is 0 Å². The third-order valence-electron chi connectivity index (χ3n) is 2.93. The Morgan fingerprint density at radius 1 is 1.19 bits per heavy atom. The van der Waals surface area contributed by atoms with Crippen molar-refractivity contribution in [1.82, 2.24) is 15.0 Å². The van der Waals surface area contributed by atoms with E-state index in [1.165, 1.54) is 30.3 Å². The van der Waals surface area contributed by atoms with E-state index in [1.54, 1.807) is 18.3 Å². The first kappa shape index (κ1) is 12.9. The van der Waals surface area contributed by atoms with Crippen molar-refractivity contribution in [3.05, 3.63) is 64.2 Å². The molecule has 0 saturated carbocycles. The van der Waals surface area contributed by atoms with Gasteiger partial charge >= 0.3 is 0 Å². The zero-order valence-electron chi connectivity index (χ0n) is 10.8. The molecule has 0 atom stereocenters. The molecular weight excluding hydrogens is 270 g/mol. The fourth-order valence-corrected chi connectivity index (χ4v) is 1.88. The average Bonchev–Trinajstić information content (AvgIpc) is 2.48. The van der Waals surface area contributed by atoms with Gasteiger partial charge in [-0.05, 0) is 36.4 Å². The number of aromatic amines is 1. The van der Waals surface area contributed by atoms with Gasteiger partial charge in [0.25, 0.3) is 5.56 Å². The van der Waals surface area contributed by atoms with Crippen LogP contribution in [0.15, 0.2) is 47.4 Å². The summed E-state index contributed by atoms with van der Waals surface area (Å²) in [5.41, 5.74) is 1.04. The lowest BCUT2D eigenvalue weighted by Gasteiger charge is -2.01. The number of fused-ring (bicyclic) bond motifs is 1. The number of nitrogens with zero attached hydrogens (tertiary/aromatic N) is 2. The van der Waals surface area contributed by atoms with E-state index in [2.05, 4.69) is 15.0 Å². The Morgan fingerprint density at radius 2 is 1.95 bits per heavy atom. The summed E-state index contributed by atoms with van der Waals surface area (Å²) in [6.45, 7) is 0. The number of aromatic nitrogens is 3. The van der Waals surface area contributed by atoms with Gasteiger partial charge in [0, 0.05) is 17.8 Å². The Balaban J connectivity index is 2.07. The number of aliphatic hydroxyl groups is 1. The second-order valence-electron chi connectivity index (χ2n) is 4.40. The number of aliphatic hydroxyl groups excluding tert-OH is 1. The van der Waals surface area contributed by atoms with E-state index in [4.69, 9.17) is 0 Å². The molecule has 6 heteroatoms. The van der Waals surface area contributed by atoms with Crippen molar-refractivity contribution in [2.24, 2.45) is 0 Å². The molecule has 2 aromatic heterocycles. The second-order valence-corrected chi connectivity index (χ2v) is 4.40. The van der Waals surface area contributed by atoms with E-state index in [9.17, 15) is 15.0 Å². The van der Waals surface area contributed by atoms with Crippen molar-refractivity contribution in [2.45, 2.75) is 0 Å². The lowest BCUT2D eigenvalue weighted by Crippen LogP contribution is -2.12. The minimum atomic E-state index is -0.438. The maximum atomic E-state index is 11.9. The highest BCUT2D eigenvalue weighted by molar-refractivity contribution is 5.77. The number of nitrogens with one attached hydrogen (secondary N) is 1. The maximum Gasteiger partial charge on any atom is 0.275 e. The molecule has 0 unspecified atom stereocenters. The van der Waals surface area contributed by atoms with Gasteiger partial charge in [-0.2, -0.15) is 0 Å². The fourth-order valence-electron chi connectivity index (χ4n) is 1.88. The molecule has 0 radical (unpaired) electrons. The Kier molecular flexibility index (Phi) is 3.12. The minimum Gasteiger partial charge on any atom is -0.508 e. The quantitative estimate of drug-likeness (QED) is 0.624. The predicted molar refractivity (Wildman–Crippen MR) is 78.8 cm³/mol. The van der Waals surface area contributed by atoms with E-state index < -0.39 is 5.56 Å². The van der Waals surface area contributed by atoms with Crippen molar-refractivity contribution < 1.29 is 10.2 Å². The first-order valence-corrected chi connectivity index (χ1v) is 6.18. The van der Waals surface area contributed by atoms with Gasteiger partial charge < -0.3 is 15.2 Å². The lowest BCUT2D eigenvalue weighted by atomic mass is 10.1. The number of phenols is 1. The van der Waals surface area contributed by atoms with Crippen LogP contribution in [0.4, 0.5) is 0 Å². The van der Waals surface area contributed by atoms with Crippen LogP contribution >= 0.6 is 0 Å². The highest BCUT2D eigenvalue weighted by Crippen LogP contribution is 2.17. The summed E-state index contributed by atoms with van der Waals surface area (Å²) in [5.74, 6) is -0.0180. The molecule has 0 amide bonds. The van der Waals surface area contributed by atoms with Gasteiger partial charge in [0.15, 0.2) is 5.65 Å². The molecule has 3 aromatic rings. The van der Waals surface area contributed by atoms with Crippen molar-refractivity contribution in [1.29, 1.82) is 0 Å². The summed E-state index contributed by atoms with van der Waals surface area (Å²) in [5, 5.41) is 19.2. The van der Waals surface area contributed by atoms with Gasteiger partial charge in [0.1, 0.15) is 22.7 Å². The molecule has 3 N–H and O–H groups in total. The Labute approximate surface area is 119 Å². The predicted octanol–water partition coefficient (Wildman–Crippen LogP) is 2.08.